The normalized spacial score (nSPS) is 30.1. The number of nitrogens with zero attached hydrogens (tertiary/aromatic N) is 1. The zero-order valence-corrected chi connectivity index (χ0v) is 15.4. The Hall–Kier alpha value is -3.00. The molecule has 0 spiro atoms. The van der Waals surface area contributed by atoms with Gasteiger partial charge in [-0.15, -0.1) is 0 Å². The van der Waals surface area contributed by atoms with Gasteiger partial charge in [0.25, 0.3) is 6.29 Å². The molecule has 3 aliphatic rings. The molecule has 0 N–H and O–H groups in total. The molecule has 146 valence electrons. The van der Waals surface area contributed by atoms with E-state index < -0.39 is 47.7 Å². The van der Waals surface area contributed by atoms with Crippen molar-refractivity contribution in [3.8, 4) is 0 Å². The first-order valence-electron chi connectivity index (χ1n) is 8.94. The Kier molecular flexibility index (Phi) is 4.30. The summed E-state index contributed by atoms with van der Waals surface area (Å²) in [7, 11) is 0. The van der Waals surface area contributed by atoms with Crippen molar-refractivity contribution in [1.82, 2.24) is 4.90 Å². The third-order valence-electron chi connectivity index (χ3n) is 5.27. The first-order chi connectivity index (χ1) is 13.3. The molecule has 0 unspecified atom stereocenters. The minimum absolute atomic E-state index is 0.139. The number of esters is 2. The quantitative estimate of drug-likeness (QED) is 0.322. The van der Waals surface area contributed by atoms with Crippen molar-refractivity contribution in [3.63, 3.8) is 0 Å². The second-order valence-corrected chi connectivity index (χ2v) is 7.10. The van der Waals surface area contributed by atoms with Gasteiger partial charge < -0.3 is 14.2 Å². The van der Waals surface area contributed by atoms with Crippen molar-refractivity contribution < 1.29 is 33.4 Å². The van der Waals surface area contributed by atoms with E-state index in [1.165, 1.54) is 18.7 Å². The van der Waals surface area contributed by atoms with E-state index in [0.29, 0.717) is 0 Å². The fraction of sp³-hybridized carbons (Fsp3) is 0.400. The molecule has 0 radical (unpaired) electrons. The highest BCUT2D eigenvalue weighted by Gasteiger charge is 2.71. The fourth-order valence-corrected chi connectivity index (χ4v) is 4.20. The third kappa shape index (κ3) is 2.72. The number of carbonyl (C=O) groups excluding carboxylic acids is 4. The van der Waals surface area contributed by atoms with Crippen LogP contribution < -0.4 is 0 Å². The van der Waals surface area contributed by atoms with Gasteiger partial charge in [-0.2, -0.15) is 0 Å². The molecule has 8 nitrogen and oxygen atoms in total. The summed E-state index contributed by atoms with van der Waals surface area (Å²) in [6, 6.07) is 9.16. The number of hydrogen-bond acceptors (Lipinski definition) is 7. The van der Waals surface area contributed by atoms with Crippen LogP contribution in [0.2, 0.25) is 0 Å². The van der Waals surface area contributed by atoms with E-state index in [-0.39, 0.29) is 12.5 Å². The van der Waals surface area contributed by atoms with Crippen LogP contribution in [0.25, 0.3) is 0 Å². The smallest absolute Gasteiger partial charge is 0.305 e. The molecule has 2 fully saturated rings. The van der Waals surface area contributed by atoms with Crippen molar-refractivity contribution in [3.05, 3.63) is 48.0 Å². The Balaban J connectivity index is 1.67. The molecule has 0 saturated carbocycles. The van der Waals surface area contributed by atoms with Gasteiger partial charge in [-0.3, -0.25) is 24.1 Å². The lowest BCUT2D eigenvalue weighted by molar-refractivity contribution is -0.227. The van der Waals surface area contributed by atoms with E-state index in [2.05, 4.69) is 0 Å². The molecular formula is C20H19NO7. The molecule has 4 rings (SSSR count). The molecular weight excluding hydrogens is 366 g/mol. The second-order valence-electron chi connectivity index (χ2n) is 7.10. The number of benzene rings is 1. The Morgan fingerprint density at radius 3 is 2.36 bits per heavy atom. The van der Waals surface area contributed by atoms with E-state index >= 15 is 0 Å². The lowest BCUT2D eigenvalue weighted by atomic mass is 9.76. The molecule has 0 aromatic heterocycles. The summed E-state index contributed by atoms with van der Waals surface area (Å²) in [5.41, 5.74) is -0.693. The van der Waals surface area contributed by atoms with Gasteiger partial charge in [-0.25, -0.2) is 0 Å². The monoisotopic (exact) mass is 385 g/mol. The molecule has 3 heterocycles. The fourth-order valence-electron chi connectivity index (χ4n) is 4.20. The molecule has 0 aliphatic carbocycles. The number of hydrogen-bond donors (Lipinski definition) is 0. The van der Waals surface area contributed by atoms with Gasteiger partial charge in [0.1, 0.15) is 0 Å². The molecule has 2 saturated heterocycles. The molecule has 2 bridgehead atoms. The predicted octanol–water partition coefficient (Wildman–Crippen LogP) is 0.947. The first-order valence-corrected chi connectivity index (χ1v) is 8.94. The molecule has 2 amide bonds. The maximum atomic E-state index is 13.2. The SMILES string of the molecule is CC(=O)OC(OC(C)=O)[C@@]12C=C[C@@H](O1)[C@H]1C(=O)N(Cc3ccccc3)C(=O)[C@@H]12. The lowest BCUT2D eigenvalue weighted by Crippen LogP contribution is -2.52. The standard InChI is InChI=1S/C20H19NO7/c1-11(22)26-19(27-12(2)23)20-9-8-14(28-20)15-16(20)18(25)21(17(15)24)10-13-6-4-3-5-7-13/h3-9,14-16,19H,10H2,1-2H3/t14-,15-,16-,20+/m1/s1. The highest BCUT2D eigenvalue weighted by atomic mass is 16.7. The number of rotatable bonds is 5. The van der Waals surface area contributed by atoms with Gasteiger partial charge >= 0.3 is 11.9 Å². The molecule has 1 aromatic rings. The van der Waals surface area contributed by atoms with E-state index in [9.17, 15) is 19.2 Å². The molecule has 28 heavy (non-hydrogen) atoms. The number of likely N-dealkylation sites (tertiary alicyclic amines) is 1. The van der Waals surface area contributed by atoms with E-state index in [1.54, 1.807) is 12.2 Å². The topological polar surface area (TPSA) is 99.2 Å². The Morgan fingerprint density at radius 2 is 1.75 bits per heavy atom. The van der Waals surface area contributed by atoms with Crippen LogP contribution in [0.15, 0.2) is 42.5 Å². The van der Waals surface area contributed by atoms with Crippen LogP contribution in [0.3, 0.4) is 0 Å². The van der Waals surface area contributed by atoms with Crippen molar-refractivity contribution in [2.75, 3.05) is 0 Å². The van der Waals surface area contributed by atoms with Crippen molar-refractivity contribution in [2.45, 2.75) is 38.4 Å². The summed E-state index contributed by atoms with van der Waals surface area (Å²) in [5.74, 6) is -3.84. The summed E-state index contributed by atoms with van der Waals surface area (Å²) >= 11 is 0. The summed E-state index contributed by atoms with van der Waals surface area (Å²) in [5, 5.41) is 0. The second kappa shape index (κ2) is 6.56. The number of amides is 2. The Labute approximate surface area is 161 Å². The molecule has 4 atom stereocenters. The number of carbonyl (C=O) groups is 4. The average Bonchev–Trinajstić information content (AvgIpc) is 3.29. The average molecular weight is 385 g/mol. The van der Waals surface area contributed by atoms with Gasteiger partial charge in [0, 0.05) is 13.8 Å². The van der Waals surface area contributed by atoms with Gasteiger partial charge in [0.2, 0.25) is 11.8 Å². The number of imide groups is 1. The van der Waals surface area contributed by atoms with Crippen LogP contribution in [0, 0.1) is 11.8 Å². The number of ether oxygens (including phenoxy) is 3. The molecule has 1 aromatic carbocycles. The van der Waals surface area contributed by atoms with Crippen LogP contribution in [0.4, 0.5) is 0 Å². The maximum absolute atomic E-state index is 13.2. The number of fused-ring (bicyclic) bond motifs is 5. The summed E-state index contributed by atoms with van der Waals surface area (Å²) in [6.45, 7) is 2.47. The first kappa shape index (κ1) is 18.4. The van der Waals surface area contributed by atoms with Gasteiger partial charge in [0.05, 0.1) is 24.5 Å². The van der Waals surface area contributed by atoms with Gasteiger partial charge in [-0.05, 0) is 11.6 Å². The van der Waals surface area contributed by atoms with Crippen LogP contribution in [-0.2, 0) is 39.9 Å². The predicted molar refractivity (Wildman–Crippen MR) is 93.0 cm³/mol. The minimum atomic E-state index is -1.51. The Morgan fingerprint density at radius 1 is 1.11 bits per heavy atom. The summed E-state index contributed by atoms with van der Waals surface area (Å²) < 4.78 is 16.2. The minimum Gasteiger partial charge on any atom is -0.422 e. The summed E-state index contributed by atoms with van der Waals surface area (Å²) in [4.78, 5) is 50.5. The van der Waals surface area contributed by atoms with Gasteiger partial charge in [0.15, 0.2) is 5.60 Å². The Bertz CT molecular complexity index is 864. The van der Waals surface area contributed by atoms with Crippen LogP contribution in [-0.4, -0.2) is 46.6 Å². The van der Waals surface area contributed by atoms with Crippen LogP contribution in [0.1, 0.15) is 19.4 Å². The zero-order chi connectivity index (χ0) is 20.1. The largest absolute Gasteiger partial charge is 0.422 e. The lowest BCUT2D eigenvalue weighted by Gasteiger charge is -2.34. The van der Waals surface area contributed by atoms with Gasteiger partial charge in [-0.1, -0.05) is 36.4 Å². The van der Waals surface area contributed by atoms with E-state index in [1.807, 2.05) is 30.3 Å². The van der Waals surface area contributed by atoms with Crippen molar-refractivity contribution >= 4 is 23.8 Å². The maximum Gasteiger partial charge on any atom is 0.305 e. The highest BCUT2D eigenvalue weighted by Crippen LogP contribution is 2.54. The van der Waals surface area contributed by atoms with Crippen molar-refractivity contribution in [2.24, 2.45) is 11.8 Å². The zero-order valence-electron chi connectivity index (χ0n) is 15.4. The van der Waals surface area contributed by atoms with Crippen LogP contribution in [0.5, 0.6) is 0 Å². The van der Waals surface area contributed by atoms with Crippen LogP contribution >= 0.6 is 0 Å². The summed E-state index contributed by atoms with van der Waals surface area (Å²) in [6.07, 6.45) is 1.12. The molecule has 3 aliphatic heterocycles. The van der Waals surface area contributed by atoms with E-state index in [0.717, 1.165) is 5.56 Å². The van der Waals surface area contributed by atoms with E-state index in [4.69, 9.17) is 14.2 Å². The molecule has 8 heteroatoms. The third-order valence-corrected chi connectivity index (χ3v) is 5.27. The van der Waals surface area contributed by atoms with Crippen molar-refractivity contribution in [1.29, 1.82) is 0 Å². The highest BCUT2D eigenvalue weighted by molar-refractivity contribution is 6.07.